The number of halogens is 1. The molecule has 3 N–H and O–H groups in total. The van der Waals surface area contributed by atoms with Crippen LogP contribution in [0.5, 0.6) is 0 Å². The fourth-order valence-corrected chi connectivity index (χ4v) is 1.71. The molecular formula is C11H11ClN4. The average molecular weight is 235 g/mol. The van der Waals surface area contributed by atoms with Crippen molar-refractivity contribution >= 4 is 11.6 Å². The molecule has 2 aromatic heterocycles. The second kappa shape index (κ2) is 5.03. The highest BCUT2D eigenvalue weighted by molar-refractivity contribution is 6.29. The summed E-state index contributed by atoms with van der Waals surface area (Å²) >= 11 is 5.84. The van der Waals surface area contributed by atoms with E-state index in [0.717, 1.165) is 11.1 Å². The summed E-state index contributed by atoms with van der Waals surface area (Å²) in [5, 5.41) is 0.446. The van der Waals surface area contributed by atoms with Crippen LogP contribution in [-0.4, -0.2) is 9.97 Å². The van der Waals surface area contributed by atoms with E-state index < -0.39 is 0 Å². The Bertz CT molecular complexity index is 461. The van der Waals surface area contributed by atoms with Gasteiger partial charge in [0.15, 0.2) is 0 Å². The molecule has 0 fully saturated rings. The van der Waals surface area contributed by atoms with E-state index >= 15 is 0 Å². The molecule has 0 bridgehead atoms. The van der Waals surface area contributed by atoms with Gasteiger partial charge in [0.05, 0.1) is 6.04 Å². The van der Waals surface area contributed by atoms with Crippen molar-refractivity contribution in [2.24, 2.45) is 5.84 Å². The Balaban J connectivity index is 2.37. The topological polar surface area (TPSA) is 63.8 Å². The molecule has 0 aromatic carbocycles. The Hall–Kier alpha value is -1.49. The van der Waals surface area contributed by atoms with Crippen LogP contribution in [0.2, 0.25) is 5.15 Å². The van der Waals surface area contributed by atoms with E-state index in [1.165, 1.54) is 0 Å². The second-order valence-electron chi connectivity index (χ2n) is 3.30. The Morgan fingerprint density at radius 3 is 2.75 bits per heavy atom. The summed E-state index contributed by atoms with van der Waals surface area (Å²) in [7, 11) is 0. The molecule has 1 atom stereocenters. The minimum Gasteiger partial charge on any atom is -0.271 e. The van der Waals surface area contributed by atoms with Crippen LogP contribution in [0.15, 0.2) is 42.9 Å². The first-order valence-electron chi connectivity index (χ1n) is 4.79. The van der Waals surface area contributed by atoms with Crippen LogP contribution in [-0.2, 0) is 0 Å². The maximum Gasteiger partial charge on any atom is 0.129 e. The van der Waals surface area contributed by atoms with E-state index in [2.05, 4.69) is 15.4 Å². The third kappa shape index (κ3) is 2.36. The van der Waals surface area contributed by atoms with Gasteiger partial charge in [-0.05, 0) is 29.3 Å². The van der Waals surface area contributed by atoms with Gasteiger partial charge < -0.3 is 0 Å². The van der Waals surface area contributed by atoms with Crippen molar-refractivity contribution in [3.63, 3.8) is 0 Å². The number of rotatable bonds is 3. The number of hydrogen-bond acceptors (Lipinski definition) is 4. The fourth-order valence-electron chi connectivity index (χ4n) is 1.53. The molecular weight excluding hydrogens is 224 g/mol. The van der Waals surface area contributed by atoms with Crippen LogP contribution in [0, 0.1) is 0 Å². The Morgan fingerprint density at radius 1 is 1.25 bits per heavy atom. The Kier molecular flexibility index (Phi) is 3.46. The molecule has 1 unspecified atom stereocenters. The monoisotopic (exact) mass is 234 g/mol. The number of hydrazine groups is 1. The van der Waals surface area contributed by atoms with Crippen molar-refractivity contribution in [3.05, 3.63) is 59.1 Å². The number of pyridine rings is 2. The molecule has 5 heteroatoms. The first kappa shape index (κ1) is 11.0. The number of nitrogens with one attached hydrogen (secondary N) is 1. The molecule has 2 rings (SSSR count). The van der Waals surface area contributed by atoms with E-state index in [9.17, 15) is 0 Å². The first-order valence-corrected chi connectivity index (χ1v) is 5.16. The summed E-state index contributed by atoms with van der Waals surface area (Å²) in [6.07, 6.45) is 5.13. The van der Waals surface area contributed by atoms with E-state index in [1.807, 2.05) is 18.2 Å². The average Bonchev–Trinajstić information content (AvgIpc) is 2.31. The summed E-state index contributed by atoms with van der Waals surface area (Å²) in [6, 6.07) is 7.32. The highest BCUT2D eigenvalue weighted by Gasteiger charge is 2.12. The highest BCUT2D eigenvalue weighted by atomic mass is 35.5. The van der Waals surface area contributed by atoms with Crippen molar-refractivity contribution < 1.29 is 0 Å². The fraction of sp³-hybridized carbons (Fsp3) is 0.0909. The zero-order valence-corrected chi connectivity index (χ0v) is 9.22. The molecule has 0 radical (unpaired) electrons. The lowest BCUT2D eigenvalue weighted by Gasteiger charge is -2.16. The second-order valence-corrected chi connectivity index (χ2v) is 3.69. The highest BCUT2D eigenvalue weighted by Crippen LogP contribution is 2.21. The third-order valence-corrected chi connectivity index (χ3v) is 2.48. The lowest BCUT2D eigenvalue weighted by molar-refractivity contribution is 0.634. The lowest BCUT2D eigenvalue weighted by Crippen LogP contribution is -2.28. The van der Waals surface area contributed by atoms with Crippen molar-refractivity contribution in [2.45, 2.75) is 6.04 Å². The lowest BCUT2D eigenvalue weighted by atomic mass is 10.0. The molecule has 0 aliphatic heterocycles. The molecule has 82 valence electrons. The first-order chi connectivity index (χ1) is 7.81. The summed E-state index contributed by atoms with van der Waals surface area (Å²) in [5.41, 5.74) is 4.67. The minimum absolute atomic E-state index is 0.130. The molecule has 16 heavy (non-hydrogen) atoms. The molecule has 0 saturated carbocycles. The van der Waals surface area contributed by atoms with Gasteiger partial charge in [0.1, 0.15) is 5.15 Å². The largest absolute Gasteiger partial charge is 0.271 e. The standard InChI is InChI=1S/C11H11ClN4/c12-10-6-8(3-5-15-10)11(16-13)9-2-1-4-14-7-9/h1-7,11,16H,13H2. The van der Waals surface area contributed by atoms with Gasteiger partial charge in [-0.15, -0.1) is 0 Å². The molecule has 0 spiro atoms. The van der Waals surface area contributed by atoms with Crippen LogP contribution < -0.4 is 11.3 Å². The maximum absolute atomic E-state index is 5.84. The van der Waals surface area contributed by atoms with E-state index in [1.54, 1.807) is 24.7 Å². The summed E-state index contributed by atoms with van der Waals surface area (Å²) in [5.74, 6) is 5.55. The zero-order valence-electron chi connectivity index (χ0n) is 8.47. The van der Waals surface area contributed by atoms with Crippen molar-refractivity contribution in [3.8, 4) is 0 Å². The van der Waals surface area contributed by atoms with Gasteiger partial charge in [-0.2, -0.15) is 0 Å². The molecule has 2 aromatic rings. The summed E-state index contributed by atoms with van der Waals surface area (Å²) in [4.78, 5) is 7.99. The molecule has 0 amide bonds. The van der Waals surface area contributed by atoms with Crippen molar-refractivity contribution in [2.75, 3.05) is 0 Å². The zero-order chi connectivity index (χ0) is 11.4. The third-order valence-electron chi connectivity index (χ3n) is 2.27. The smallest absolute Gasteiger partial charge is 0.129 e. The van der Waals surface area contributed by atoms with E-state index in [4.69, 9.17) is 17.4 Å². The summed E-state index contributed by atoms with van der Waals surface area (Å²) < 4.78 is 0. The maximum atomic E-state index is 5.84. The number of nitrogens with two attached hydrogens (primary N) is 1. The van der Waals surface area contributed by atoms with Gasteiger partial charge in [0.2, 0.25) is 0 Å². The minimum atomic E-state index is -0.130. The normalized spacial score (nSPS) is 12.4. The molecule has 4 nitrogen and oxygen atoms in total. The van der Waals surface area contributed by atoms with Crippen LogP contribution in [0.1, 0.15) is 17.2 Å². The predicted molar refractivity (Wildman–Crippen MR) is 62.7 cm³/mol. The number of hydrogen-bond donors (Lipinski definition) is 2. The van der Waals surface area contributed by atoms with Crippen molar-refractivity contribution in [1.29, 1.82) is 0 Å². The molecule has 0 aliphatic rings. The van der Waals surface area contributed by atoms with Gasteiger partial charge in [-0.25, -0.2) is 10.4 Å². The van der Waals surface area contributed by atoms with Crippen molar-refractivity contribution in [1.82, 2.24) is 15.4 Å². The molecule has 0 saturated heterocycles. The van der Waals surface area contributed by atoms with Gasteiger partial charge in [0.25, 0.3) is 0 Å². The van der Waals surface area contributed by atoms with Crippen LogP contribution in [0.4, 0.5) is 0 Å². The van der Waals surface area contributed by atoms with Crippen LogP contribution in [0.3, 0.4) is 0 Å². The van der Waals surface area contributed by atoms with Gasteiger partial charge in [0, 0.05) is 18.6 Å². The van der Waals surface area contributed by atoms with Crippen LogP contribution in [0.25, 0.3) is 0 Å². The number of aromatic nitrogens is 2. The Labute approximate surface area is 98.5 Å². The van der Waals surface area contributed by atoms with Gasteiger partial charge in [-0.1, -0.05) is 17.7 Å². The Morgan fingerprint density at radius 2 is 2.12 bits per heavy atom. The van der Waals surface area contributed by atoms with Gasteiger partial charge in [-0.3, -0.25) is 10.8 Å². The molecule has 2 heterocycles. The van der Waals surface area contributed by atoms with Gasteiger partial charge >= 0.3 is 0 Å². The van der Waals surface area contributed by atoms with E-state index in [0.29, 0.717) is 5.15 Å². The SMILES string of the molecule is NNC(c1cccnc1)c1ccnc(Cl)c1. The van der Waals surface area contributed by atoms with E-state index in [-0.39, 0.29) is 6.04 Å². The van der Waals surface area contributed by atoms with Crippen LogP contribution >= 0.6 is 11.6 Å². The predicted octanol–water partition coefficient (Wildman–Crippen LogP) is 1.68. The molecule has 0 aliphatic carbocycles. The number of nitrogens with zero attached hydrogens (tertiary/aromatic N) is 2. The quantitative estimate of drug-likeness (QED) is 0.482. The summed E-state index contributed by atoms with van der Waals surface area (Å²) in [6.45, 7) is 0.